The van der Waals surface area contributed by atoms with Crippen molar-refractivity contribution in [3.05, 3.63) is 66.1 Å². The van der Waals surface area contributed by atoms with E-state index in [2.05, 4.69) is 15.3 Å². The van der Waals surface area contributed by atoms with E-state index in [9.17, 15) is 9.59 Å². The van der Waals surface area contributed by atoms with Crippen LogP contribution in [0.3, 0.4) is 0 Å². The van der Waals surface area contributed by atoms with Gasteiger partial charge in [-0.15, -0.1) is 0 Å². The first kappa shape index (κ1) is 19.6. The average Bonchev–Trinajstić information content (AvgIpc) is 3.09. The quantitative estimate of drug-likeness (QED) is 0.548. The molecule has 2 aromatic carbocycles. The minimum absolute atomic E-state index is 0.0285. The van der Waals surface area contributed by atoms with Crippen LogP contribution in [0, 0.1) is 0 Å². The molecule has 0 aliphatic rings. The van der Waals surface area contributed by atoms with Gasteiger partial charge in [0, 0.05) is 23.3 Å². The first-order valence-electron chi connectivity index (χ1n) is 9.68. The second kappa shape index (κ2) is 7.26. The Hall–Kier alpha value is -3.74. The lowest BCUT2D eigenvalue weighted by atomic mass is 10.0. The highest BCUT2D eigenvalue weighted by Gasteiger charge is 2.19. The molecule has 7 heteroatoms. The molecule has 0 atom stereocenters. The summed E-state index contributed by atoms with van der Waals surface area (Å²) in [5, 5.41) is 5.42. The number of anilines is 1. The predicted molar refractivity (Wildman–Crippen MR) is 117 cm³/mol. The summed E-state index contributed by atoms with van der Waals surface area (Å²) in [5.41, 5.74) is 7.07. The molecule has 0 aliphatic heterocycles. The molecule has 7 nitrogen and oxygen atoms in total. The van der Waals surface area contributed by atoms with Crippen LogP contribution in [0.1, 0.15) is 36.8 Å². The third kappa shape index (κ3) is 4.00. The Kier molecular flexibility index (Phi) is 4.73. The van der Waals surface area contributed by atoms with Gasteiger partial charge in [-0.05, 0) is 49.2 Å². The number of carbonyl (C=O) groups is 2. The Labute approximate surface area is 173 Å². The van der Waals surface area contributed by atoms with Gasteiger partial charge in [0.25, 0.3) is 5.91 Å². The number of hydrogen-bond donors (Lipinski definition) is 2. The highest BCUT2D eigenvalue weighted by Crippen LogP contribution is 2.22. The van der Waals surface area contributed by atoms with Crippen molar-refractivity contribution in [1.29, 1.82) is 0 Å². The Bertz CT molecular complexity index is 1250. The van der Waals surface area contributed by atoms with E-state index in [1.165, 1.54) is 4.57 Å². The van der Waals surface area contributed by atoms with Crippen molar-refractivity contribution in [1.82, 2.24) is 19.9 Å². The number of carbonyl (C=O) groups excluding carboxylic acids is 2. The lowest BCUT2D eigenvalue weighted by Gasteiger charge is -2.20. The minimum atomic E-state index is -0.316. The molecule has 3 N–H and O–H groups in total. The van der Waals surface area contributed by atoms with Crippen molar-refractivity contribution in [2.24, 2.45) is 0 Å². The number of hydrogen-bond acceptors (Lipinski definition) is 5. The maximum Gasteiger partial charge on any atom is 0.281 e. The van der Waals surface area contributed by atoms with Crippen LogP contribution < -0.4 is 11.1 Å². The SMILES string of the molecule is CC(C)(C)NC(=O)Cc1ccc2nc(N)nc(C(=O)n3cc4ccccc4c3)c2c1. The summed E-state index contributed by atoms with van der Waals surface area (Å²) in [6, 6.07) is 13.1. The fourth-order valence-electron chi connectivity index (χ4n) is 3.44. The number of aromatic nitrogens is 3. The Morgan fingerprint density at radius 3 is 2.33 bits per heavy atom. The molecule has 0 spiro atoms. The van der Waals surface area contributed by atoms with Crippen molar-refractivity contribution in [3.63, 3.8) is 0 Å². The lowest BCUT2D eigenvalue weighted by molar-refractivity contribution is -0.121. The number of amides is 1. The van der Waals surface area contributed by atoms with Gasteiger partial charge in [0.15, 0.2) is 0 Å². The predicted octanol–water partition coefficient (Wildman–Crippen LogP) is 3.31. The van der Waals surface area contributed by atoms with Crippen molar-refractivity contribution >= 4 is 39.4 Å². The minimum Gasteiger partial charge on any atom is -0.368 e. The third-order valence-electron chi connectivity index (χ3n) is 4.65. The molecular formula is C23H23N5O2. The van der Waals surface area contributed by atoms with Crippen molar-refractivity contribution in [2.75, 3.05) is 5.73 Å². The van der Waals surface area contributed by atoms with E-state index in [1.807, 2.05) is 51.1 Å². The van der Waals surface area contributed by atoms with Crippen LogP contribution in [0.15, 0.2) is 54.9 Å². The molecule has 0 saturated heterocycles. The fourth-order valence-corrected chi connectivity index (χ4v) is 3.44. The molecule has 0 bridgehead atoms. The normalized spacial score (nSPS) is 11.7. The standard InChI is InChI=1S/C23H23N5O2/c1-23(2,3)27-19(29)11-14-8-9-18-17(10-14)20(26-22(24)25-18)21(30)28-12-15-6-4-5-7-16(15)13-28/h4-10,12-13H,11H2,1-3H3,(H,27,29)(H2,24,25,26). The van der Waals surface area contributed by atoms with Gasteiger partial charge >= 0.3 is 0 Å². The number of rotatable bonds is 3. The van der Waals surface area contributed by atoms with Gasteiger partial charge in [0.1, 0.15) is 5.69 Å². The van der Waals surface area contributed by atoms with Crippen LogP contribution in [-0.4, -0.2) is 31.9 Å². The van der Waals surface area contributed by atoms with E-state index in [-0.39, 0.29) is 35.4 Å². The summed E-state index contributed by atoms with van der Waals surface area (Å²) in [6.45, 7) is 5.79. The van der Waals surface area contributed by atoms with Crippen LogP contribution in [0.25, 0.3) is 21.7 Å². The summed E-state index contributed by atoms with van der Waals surface area (Å²) < 4.78 is 1.50. The van der Waals surface area contributed by atoms with E-state index in [0.29, 0.717) is 10.9 Å². The maximum absolute atomic E-state index is 13.2. The number of fused-ring (bicyclic) bond motifs is 2. The van der Waals surface area contributed by atoms with Gasteiger partial charge in [-0.3, -0.25) is 14.2 Å². The first-order valence-corrected chi connectivity index (χ1v) is 9.68. The van der Waals surface area contributed by atoms with Crippen molar-refractivity contribution < 1.29 is 9.59 Å². The van der Waals surface area contributed by atoms with E-state index >= 15 is 0 Å². The van der Waals surface area contributed by atoms with Crippen LogP contribution in [-0.2, 0) is 11.2 Å². The largest absolute Gasteiger partial charge is 0.368 e. The van der Waals surface area contributed by atoms with Gasteiger partial charge in [0.2, 0.25) is 11.9 Å². The highest BCUT2D eigenvalue weighted by molar-refractivity contribution is 6.07. The van der Waals surface area contributed by atoms with Gasteiger partial charge in [-0.25, -0.2) is 9.97 Å². The summed E-state index contributed by atoms with van der Waals surface area (Å²) in [5.74, 6) is -0.370. The topological polar surface area (TPSA) is 103 Å². The molecule has 2 aromatic heterocycles. The summed E-state index contributed by atoms with van der Waals surface area (Å²) in [7, 11) is 0. The van der Waals surface area contributed by atoms with Crippen LogP contribution >= 0.6 is 0 Å². The van der Waals surface area contributed by atoms with Crippen molar-refractivity contribution in [3.8, 4) is 0 Å². The molecule has 4 rings (SSSR count). The van der Waals surface area contributed by atoms with Crippen LogP contribution in [0.2, 0.25) is 0 Å². The van der Waals surface area contributed by atoms with E-state index in [4.69, 9.17) is 5.73 Å². The molecule has 2 heterocycles. The smallest absolute Gasteiger partial charge is 0.281 e. The highest BCUT2D eigenvalue weighted by atomic mass is 16.2. The number of benzene rings is 2. The van der Waals surface area contributed by atoms with Gasteiger partial charge in [0.05, 0.1) is 11.9 Å². The Morgan fingerprint density at radius 1 is 1.03 bits per heavy atom. The molecule has 1 amide bonds. The Balaban J connectivity index is 1.74. The molecule has 4 aromatic rings. The molecule has 0 saturated carbocycles. The zero-order valence-corrected chi connectivity index (χ0v) is 17.1. The summed E-state index contributed by atoms with van der Waals surface area (Å²) >= 11 is 0. The zero-order valence-electron chi connectivity index (χ0n) is 17.1. The molecule has 0 aliphatic carbocycles. The van der Waals surface area contributed by atoms with Gasteiger partial charge < -0.3 is 11.1 Å². The molecule has 0 fully saturated rings. The zero-order chi connectivity index (χ0) is 21.5. The number of nitrogens with zero attached hydrogens (tertiary/aromatic N) is 3. The average molecular weight is 401 g/mol. The second-order valence-corrected chi connectivity index (χ2v) is 8.36. The summed E-state index contributed by atoms with van der Waals surface area (Å²) in [6.07, 6.45) is 3.73. The van der Waals surface area contributed by atoms with Crippen molar-refractivity contribution in [2.45, 2.75) is 32.7 Å². The fraction of sp³-hybridized carbons (Fsp3) is 0.217. The molecular weight excluding hydrogens is 378 g/mol. The van der Waals surface area contributed by atoms with Crippen LogP contribution in [0.5, 0.6) is 0 Å². The second-order valence-electron chi connectivity index (χ2n) is 8.36. The van der Waals surface area contributed by atoms with Gasteiger partial charge in [-0.2, -0.15) is 0 Å². The van der Waals surface area contributed by atoms with E-state index in [0.717, 1.165) is 16.3 Å². The molecule has 0 radical (unpaired) electrons. The van der Waals surface area contributed by atoms with Gasteiger partial charge in [-0.1, -0.05) is 30.3 Å². The number of nitrogens with one attached hydrogen (secondary N) is 1. The van der Waals surface area contributed by atoms with E-state index in [1.54, 1.807) is 24.5 Å². The molecule has 30 heavy (non-hydrogen) atoms. The number of nitrogens with two attached hydrogens (primary N) is 1. The third-order valence-corrected chi connectivity index (χ3v) is 4.65. The monoisotopic (exact) mass is 401 g/mol. The first-order chi connectivity index (χ1) is 14.2. The number of nitrogen functional groups attached to an aromatic ring is 1. The van der Waals surface area contributed by atoms with E-state index < -0.39 is 0 Å². The van der Waals surface area contributed by atoms with Crippen LogP contribution in [0.4, 0.5) is 5.95 Å². The molecule has 152 valence electrons. The Morgan fingerprint density at radius 2 is 1.70 bits per heavy atom. The maximum atomic E-state index is 13.2. The molecule has 0 unspecified atom stereocenters. The lowest BCUT2D eigenvalue weighted by Crippen LogP contribution is -2.41. The summed E-state index contributed by atoms with van der Waals surface area (Å²) in [4.78, 5) is 34.0.